The van der Waals surface area contributed by atoms with Gasteiger partial charge in [-0.05, 0) is 17.7 Å². The largest absolute Gasteiger partial charge is 0.491 e. The number of ether oxygens (including phenoxy) is 2. The van der Waals surface area contributed by atoms with Gasteiger partial charge in [0, 0.05) is 43.4 Å². The number of nitrogens with zero attached hydrogens (tertiary/aromatic N) is 3. The zero-order valence-corrected chi connectivity index (χ0v) is 17.3. The summed E-state index contributed by atoms with van der Waals surface area (Å²) in [7, 11) is 0. The van der Waals surface area contributed by atoms with E-state index in [9.17, 15) is 4.79 Å². The molecule has 2 aliphatic rings. The van der Waals surface area contributed by atoms with Gasteiger partial charge < -0.3 is 18.9 Å². The molecule has 2 aromatic carbocycles. The quantitative estimate of drug-likeness (QED) is 0.647. The third-order valence-electron chi connectivity index (χ3n) is 5.69. The second-order valence-corrected chi connectivity index (χ2v) is 7.85. The molecule has 0 saturated carbocycles. The molecule has 7 heteroatoms. The molecule has 5 rings (SSSR count). The lowest BCUT2D eigenvalue weighted by Gasteiger charge is -2.27. The van der Waals surface area contributed by atoms with Gasteiger partial charge in [-0.25, -0.2) is 0 Å². The van der Waals surface area contributed by atoms with E-state index in [1.807, 2.05) is 36.4 Å². The Hall–Kier alpha value is -3.16. The molecule has 0 bridgehead atoms. The van der Waals surface area contributed by atoms with Gasteiger partial charge in [-0.15, -0.1) is 0 Å². The summed E-state index contributed by atoms with van der Waals surface area (Å²) in [5.41, 5.74) is 3.44. The molecule has 1 saturated heterocycles. The second kappa shape index (κ2) is 8.91. The van der Waals surface area contributed by atoms with E-state index < -0.39 is 0 Å². The Morgan fingerprint density at radius 3 is 2.65 bits per heavy atom. The van der Waals surface area contributed by atoms with Gasteiger partial charge in [0.15, 0.2) is 11.5 Å². The lowest BCUT2D eigenvalue weighted by Crippen LogP contribution is -2.35. The number of hydrogen-bond acceptors (Lipinski definition) is 6. The van der Waals surface area contributed by atoms with Gasteiger partial charge in [-0.1, -0.05) is 41.6 Å². The van der Waals surface area contributed by atoms with Gasteiger partial charge in [0.1, 0.15) is 12.4 Å². The fourth-order valence-electron chi connectivity index (χ4n) is 4.01. The van der Waals surface area contributed by atoms with Crippen LogP contribution in [0.2, 0.25) is 0 Å². The van der Waals surface area contributed by atoms with Crippen molar-refractivity contribution in [3.05, 3.63) is 71.4 Å². The van der Waals surface area contributed by atoms with E-state index in [0.29, 0.717) is 31.2 Å². The second-order valence-electron chi connectivity index (χ2n) is 7.85. The van der Waals surface area contributed by atoms with E-state index in [4.69, 9.17) is 14.0 Å². The maximum Gasteiger partial charge on any atom is 0.276 e. The summed E-state index contributed by atoms with van der Waals surface area (Å²) in [6.45, 7) is 5.73. The van der Waals surface area contributed by atoms with Crippen molar-refractivity contribution in [2.75, 3.05) is 39.5 Å². The molecular formula is C24H25N3O4. The summed E-state index contributed by atoms with van der Waals surface area (Å²) in [5.74, 6) is 1.27. The van der Waals surface area contributed by atoms with Crippen molar-refractivity contribution in [2.24, 2.45) is 0 Å². The minimum absolute atomic E-state index is 0.152. The number of rotatable bonds is 4. The number of amides is 1. The highest BCUT2D eigenvalue weighted by atomic mass is 16.5. The fraction of sp³-hybridized carbons (Fsp3) is 0.333. The van der Waals surface area contributed by atoms with Crippen molar-refractivity contribution in [2.45, 2.75) is 13.1 Å². The molecular weight excluding hydrogens is 394 g/mol. The van der Waals surface area contributed by atoms with E-state index in [1.54, 1.807) is 11.0 Å². The average molecular weight is 419 g/mol. The molecule has 0 N–H and O–H groups in total. The van der Waals surface area contributed by atoms with Crippen LogP contribution in [0.15, 0.2) is 59.1 Å². The Morgan fingerprint density at radius 2 is 1.81 bits per heavy atom. The van der Waals surface area contributed by atoms with Gasteiger partial charge in [0.05, 0.1) is 19.8 Å². The first kappa shape index (κ1) is 19.8. The maximum atomic E-state index is 13.1. The van der Waals surface area contributed by atoms with Crippen LogP contribution in [0.25, 0.3) is 11.3 Å². The van der Waals surface area contributed by atoms with E-state index in [-0.39, 0.29) is 5.91 Å². The highest BCUT2D eigenvalue weighted by Gasteiger charge is 2.24. The molecule has 31 heavy (non-hydrogen) atoms. The molecule has 3 aromatic rings. The Kier molecular flexibility index (Phi) is 5.69. The van der Waals surface area contributed by atoms with Crippen LogP contribution in [0.3, 0.4) is 0 Å². The molecule has 160 valence electrons. The number of aromatic nitrogens is 1. The Labute approximate surface area is 181 Å². The zero-order chi connectivity index (χ0) is 21.0. The minimum atomic E-state index is -0.152. The average Bonchev–Trinajstić information content (AvgIpc) is 3.21. The third kappa shape index (κ3) is 4.47. The highest BCUT2D eigenvalue weighted by Crippen LogP contribution is 2.27. The lowest BCUT2D eigenvalue weighted by atomic mass is 10.1. The van der Waals surface area contributed by atoms with Crippen LogP contribution >= 0.6 is 0 Å². The molecule has 1 aromatic heterocycles. The van der Waals surface area contributed by atoms with Crippen molar-refractivity contribution >= 4 is 5.91 Å². The summed E-state index contributed by atoms with van der Waals surface area (Å²) in [4.78, 5) is 17.3. The van der Waals surface area contributed by atoms with Crippen LogP contribution in [-0.2, 0) is 17.8 Å². The van der Waals surface area contributed by atoms with E-state index in [0.717, 1.165) is 49.7 Å². The predicted molar refractivity (Wildman–Crippen MR) is 115 cm³/mol. The highest BCUT2D eigenvalue weighted by molar-refractivity contribution is 5.93. The number of hydrogen-bond donors (Lipinski definition) is 0. The van der Waals surface area contributed by atoms with Crippen LogP contribution in [-0.4, -0.2) is 60.3 Å². The number of carbonyl (C=O) groups is 1. The predicted octanol–water partition coefficient (Wildman–Crippen LogP) is 3.21. The number of fused-ring (bicyclic) bond motifs is 1. The van der Waals surface area contributed by atoms with Crippen LogP contribution < -0.4 is 4.74 Å². The smallest absolute Gasteiger partial charge is 0.276 e. The normalized spacial score (nSPS) is 17.0. The summed E-state index contributed by atoms with van der Waals surface area (Å²) in [6.07, 6.45) is 0. The van der Waals surface area contributed by atoms with Crippen molar-refractivity contribution in [3.8, 4) is 17.1 Å². The Balaban J connectivity index is 1.32. The summed E-state index contributed by atoms with van der Waals surface area (Å²) < 4.78 is 16.8. The molecule has 0 atom stereocenters. The monoisotopic (exact) mass is 419 g/mol. The summed E-state index contributed by atoms with van der Waals surface area (Å²) in [5, 5.41) is 4.02. The van der Waals surface area contributed by atoms with Crippen LogP contribution in [0, 0.1) is 0 Å². The molecule has 3 heterocycles. The molecule has 2 aliphatic heterocycles. The maximum absolute atomic E-state index is 13.1. The van der Waals surface area contributed by atoms with Gasteiger partial charge >= 0.3 is 0 Å². The molecule has 0 unspecified atom stereocenters. The first-order valence-electron chi connectivity index (χ1n) is 10.6. The van der Waals surface area contributed by atoms with Crippen molar-refractivity contribution in [1.82, 2.24) is 15.0 Å². The van der Waals surface area contributed by atoms with Crippen LogP contribution in [0.1, 0.15) is 21.6 Å². The van der Waals surface area contributed by atoms with Gasteiger partial charge in [0.2, 0.25) is 0 Å². The first-order chi connectivity index (χ1) is 15.3. The summed E-state index contributed by atoms with van der Waals surface area (Å²) in [6, 6.07) is 17.6. The van der Waals surface area contributed by atoms with Crippen molar-refractivity contribution < 1.29 is 18.8 Å². The van der Waals surface area contributed by atoms with Gasteiger partial charge in [0.25, 0.3) is 5.91 Å². The van der Waals surface area contributed by atoms with E-state index >= 15 is 0 Å². The third-order valence-corrected chi connectivity index (χ3v) is 5.69. The fourth-order valence-corrected chi connectivity index (χ4v) is 4.01. The Morgan fingerprint density at radius 1 is 0.968 bits per heavy atom. The van der Waals surface area contributed by atoms with Crippen LogP contribution in [0.4, 0.5) is 0 Å². The molecule has 7 nitrogen and oxygen atoms in total. The molecule has 0 radical (unpaired) electrons. The van der Waals surface area contributed by atoms with Gasteiger partial charge in [-0.3, -0.25) is 9.69 Å². The SMILES string of the molecule is O=C(c1cc(-c2ccccc2)on1)N1CCOc2ccc(CN3CCOCC3)cc2C1. The van der Waals surface area contributed by atoms with Crippen LogP contribution in [0.5, 0.6) is 5.75 Å². The molecule has 1 amide bonds. The minimum Gasteiger partial charge on any atom is -0.491 e. The van der Waals surface area contributed by atoms with E-state index in [2.05, 4.69) is 22.2 Å². The van der Waals surface area contributed by atoms with Crippen molar-refractivity contribution in [1.29, 1.82) is 0 Å². The molecule has 0 spiro atoms. The number of benzene rings is 2. The standard InChI is InChI=1S/C24H25N3O4/c28-24(21-15-23(31-25-21)19-4-2-1-3-5-19)27-10-13-30-22-7-6-18(14-20(22)17-27)16-26-8-11-29-12-9-26/h1-7,14-15H,8-13,16-17H2. The zero-order valence-electron chi connectivity index (χ0n) is 17.3. The number of carbonyl (C=O) groups excluding carboxylic acids is 1. The lowest BCUT2D eigenvalue weighted by molar-refractivity contribution is 0.0341. The van der Waals surface area contributed by atoms with E-state index in [1.165, 1.54) is 5.56 Å². The first-order valence-corrected chi connectivity index (χ1v) is 10.6. The molecule has 1 fully saturated rings. The van der Waals surface area contributed by atoms with Gasteiger partial charge in [-0.2, -0.15) is 0 Å². The number of morpholine rings is 1. The van der Waals surface area contributed by atoms with Crippen molar-refractivity contribution in [3.63, 3.8) is 0 Å². The Bertz CT molecular complexity index is 1040. The topological polar surface area (TPSA) is 68.0 Å². The molecule has 0 aliphatic carbocycles. The summed E-state index contributed by atoms with van der Waals surface area (Å²) >= 11 is 0.